The first-order valence-corrected chi connectivity index (χ1v) is 2.66. The average Bonchev–Trinajstić information content (AvgIpc) is 2.10. The van der Waals surface area contributed by atoms with Crippen molar-refractivity contribution in [2.45, 2.75) is 12.5 Å². The van der Waals surface area contributed by atoms with Crippen molar-refractivity contribution in [1.29, 1.82) is 0 Å². The van der Waals surface area contributed by atoms with Crippen LogP contribution in [0.4, 0.5) is 0 Å². The molecule has 1 saturated heterocycles. The summed E-state index contributed by atoms with van der Waals surface area (Å²) in [4.78, 5) is 20.8. The summed E-state index contributed by atoms with van der Waals surface area (Å²) in [6, 6.07) is -0.419. The second kappa shape index (κ2) is 2.18. The fraction of sp³-hybridized carbons (Fsp3) is 0.500. The quantitative estimate of drug-likeness (QED) is 0.250. The summed E-state index contributed by atoms with van der Waals surface area (Å²) in [5.41, 5.74) is 0. The molecule has 1 aliphatic rings. The van der Waals surface area contributed by atoms with Gasteiger partial charge in [-0.15, -0.1) is 0 Å². The van der Waals surface area contributed by atoms with E-state index < -0.39 is 18.0 Å². The minimum absolute atomic E-state index is 0.162. The normalized spacial score (nSPS) is 26.4. The van der Waals surface area contributed by atoms with E-state index in [0.717, 1.165) is 0 Å². The van der Waals surface area contributed by atoms with Crippen molar-refractivity contribution in [3.8, 4) is 0 Å². The molecule has 0 amide bonds. The number of esters is 2. The predicted octanol–water partition coefficient (Wildman–Crippen LogP) is -2.03. The number of cyclic esters (lactones) is 2. The topological polar surface area (TPSA) is 55.4 Å². The summed E-state index contributed by atoms with van der Waals surface area (Å²) in [6.45, 7) is 0. The first-order valence-electron chi connectivity index (χ1n) is 2.66. The average molecular weight is 127 g/mol. The maximum absolute atomic E-state index is 10.5. The molecule has 1 rings (SSSR count). The Bertz CT molecular complexity index is 158. The minimum Gasteiger partial charge on any atom is -0.392 e. The van der Waals surface area contributed by atoms with Gasteiger partial charge in [0.05, 0.1) is 6.42 Å². The Kier molecular flexibility index (Phi) is 1.53. The van der Waals surface area contributed by atoms with E-state index in [4.69, 9.17) is 0 Å². The maximum Gasteiger partial charge on any atom is 0.330 e. The predicted molar refractivity (Wildman–Crippen MR) is 31.2 cm³/mol. The van der Waals surface area contributed by atoms with Gasteiger partial charge < -0.3 is 9.96 Å². The fourth-order valence-electron chi connectivity index (χ4n) is 0.695. The lowest BCUT2D eigenvalue weighted by molar-refractivity contribution is -0.152. The largest absolute Gasteiger partial charge is 0.392 e. The van der Waals surface area contributed by atoms with Gasteiger partial charge in [0.15, 0.2) is 7.98 Å². The molecule has 0 spiro atoms. The Hall–Kier alpha value is -0.835. The number of carbonyl (C=O) groups is 2. The molecule has 5 heteroatoms. The standard InChI is InChI=1S/C4H6BNO3/c5-6-2-1-3(7)9-4(2)8/h2,6H,1,5H2/t2-/m0/s1. The van der Waals surface area contributed by atoms with E-state index in [1.807, 2.05) is 0 Å². The van der Waals surface area contributed by atoms with Crippen LogP contribution in [-0.2, 0) is 14.3 Å². The Labute approximate surface area is 53.0 Å². The van der Waals surface area contributed by atoms with Crippen LogP contribution < -0.4 is 5.23 Å². The van der Waals surface area contributed by atoms with E-state index in [9.17, 15) is 9.59 Å². The highest BCUT2D eigenvalue weighted by Gasteiger charge is 2.31. The summed E-state index contributed by atoms with van der Waals surface area (Å²) >= 11 is 0. The van der Waals surface area contributed by atoms with Crippen LogP contribution in [0, 0.1) is 0 Å². The summed E-state index contributed by atoms with van der Waals surface area (Å²) in [5, 5.41) is 2.65. The molecular weight excluding hydrogens is 121 g/mol. The molecule has 4 nitrogen and oxygen atoms in total. The molecule has 9 heavy (non-hydrogen) atoms. The number of carbonyl (C=O) groups excluding carboxylic acids is 2. The molecule has 0 aromatic carbocycles. The number of hydrogen-bond donors (Lipinski definition) is 1. The number of ether oxygens (including phenoxy) is 1. The van der Waals surface area contributed by atoms with E-state index in [1.54, 1.807) is 7.98 Å². The van der Waals surface area contributed by atoms with Gasteiger partial charge >= 0.3 is 11.9 Å². The highest BCUT2D eigenvalue weighted by molar-refractivity contribution is 6.08. The van der Waals surface area contributed by atoms with Crippen molar-refractivity contribution in [1.82, 2.24) is 5.23 Å². The van der Waals surface area contributed by atoms with Crippen LogP contribution in [-0.4, -0.2) is 26.0 Å². The molecule has 1 heterocycles. The van der Waals surface area contributed by atoms with Gasteiger partial charge in [-0.05, 0) is 0 Å². The lowest BCUT2D eigenvalue weighted by atomic mass is 10.2. The van der Waals surface area contributed by atoms with E-state index >= 15 is 0 Å². The van der Waals surface area contributed by atoms with Gasteiger partial charge in [0.2, 0.25) is 0 Å². The molecule has 0 unspecified atom stereocenters. The zero-order valence-corrected chi connectivity index (χ0v) is 5.01. The molecule has 0 aromatic rings. The molecule has 0 aliphatic carbocycles. The Balaban J connectivity index is 2.58. The van der Waals surface area contributed by atoms with Crippen LogP contribution in [0.15, 0.2) is 0 Å². The molecule has 1 atom stereocenters. The number of nitrogens with one attached hydrogen (secondary N) is 1. The maximum atomic E-state index is 10.5. The minimum atomic E-state index is -0.470. The Morgan fingerprint density at radius 3 is 2.56 bits per heavy atom. The van der Waals surface area contributed by atoms with Gasteiger partial charge in [-0.1, -0.05) is 0 Å². The second-order valence-corrected chi connectivity index (χ2v) is 1.84. The zero-order chi connectivity index (χ0) is 6.85. The molecule has 0 radical (unpaired) electrons. The highest BCUT2D eigenvalue weighted by atomic mass is 16.6. The lowest BCUT2D eigenvalue weighted by Gasteiger charge is -1.97. The van der Waals surface area contributed by atoms with Gasteiger partial charge in [0.1, 0.15) is 6.04 Å². The van der Waals surface area contributed by atoms with Crippen LogP contribution in [0.25, 0.3) is 0 Å². The monoisotopic (exact) mass is 127 g/mol. The van der Waals surface area contributed by atoms with Crippen molar-refractivity contribution in [2.75, 3.05) is 0 Å². The molecule has 1 fully saturated rings. The summed E-state index contributed by atoms with van der Waals surface area (Å²) in [6.07, 6.45) is 0.162. The molecule has 0 saturated carbocycles. The smallest absolute Gasteiger partial charge is 0.330 e. The highest BCUT2D eigenvalue weighted by Crippen LogP contribution is 2.05. The summed E-state index contributed by atoms with van der Waals surface area (Å²) < 4.78 is 4.22. The third-order valence-corrected chi connectivity index (χ3v) is 1.22. The van der Waals surface area contributed by atoms with Crippen molar-refractivity contribution < 1.29 is 14.3 Å². The van der Waals surface area contributed by atoms with Crippen LogP contribution in [0.3, 0.4) is 0 Å². The third-order valence-electron chi connectivity index (χ3n) is 1.22. The molecule has 1 N–H and O–H groups in total. The van der Waals surface area contributed by atoms with Crippen molar-refractivity contribution in [3.05, 3.63) is 0 Å². The first-order chi connectivity index (χ1) is 4.24. The Morgan fingerprint density at radius 1 is 1.67 bits per heavy atom. The molecular formula is C4H6BNO3. The van der Waals surface area contributed by atoms with E-state index in [-0.39, 0.29) is 6.42 Å². The fourth-order valence-corrected chi connectivity index (χ4v) is 0.695. The lowest BCUT2D eigenvalue weighted by Crippen LogP contribution is -2.30. The zero-order valence-electron chi connectivity index (χ0n) is 5.01. The van der Waals surface area contributed by atoms with Gasteiger partial charge in [0, 0.05) is 0 Å². The summed E-state index contributed by atoms with van der Waals surface area (Å²) in [7, 11) is 1.62. The number of hydrogen-bond acceptors (Lipinski definition) is 4. The second-order valence-electron chi connectivity index (χ2n) is 1.84. The molecule has 48 valence electrons. The SMILES string of the molecule is BN[C@H]1CC(=O)OC1=O. The van der Waals surface area contributed by atoms with Crippen LogP contribution in [0.1, 0.15) is 6.42 Å². The van der Waals surface area contributed by atoms with Crippen LogP contribution in [0.5, 0.6) is 0 Å². The molecule has 0 bridgehead atoms. The van der Waals surface area contributed by atoms with Gasteiger partial charge in [-0.3, -0.25) is 4.79 Å². The number of rotatable bonds is 1. The van der Waals surface area contributed by atoms with Gasteiger partial charge in [-0.2, -0.15) is 0 Å². The third kappa shape index (κ3) is 1.10. The van der Waals surface area contributed by atoms with Crippen LogP contribution >= 0.6 is 0 Å². The van der Waals surface area contributed by atoms with Crippen molar-refractivity contribution in [3.63, 3.8) is 0 Å². The first kappa shape index (κ1) is 6.29. The summed E-state index contributed by atoms with van der Waals surface area (Å²) in [5.74, 6) is -0.915. The van der Waals surface area contributed by atoms with Gasteiger partial charge in [-0.25, -0.2) is 4.79 Å². The Morgan fingerprint density at radius 2 is 2.33 bits per heavy atom. The van der Waals surface area contributed by atoms with E-state index in [0.29, 0.717) is 0 Å². The molecule has 1 aliphatic heterocycles. The van der Waals surface area contributed by atoms with E-state index in [1.165, 1.54) is 0 Å². The van der Waals surface area contributed by atoms with Gasteiger partial charge in [0.25, 0.3) is 0 Å². The van der Waals surface area contributed by atoms with E-state index in [2.05, 4.69) is 9.96 Å². The van der Waals surface area contributed by atoms with Crippen molar-refractivity contribution in [2.24, 2.45) is 0 Å². The molecule has 0 aromatic heterocycles. The van der Waals surface area contributed by atoms with Crippen molar-refractivity contribution >= 4 is 19.9 Å². The van der Waals surface area contributed by atoms with Crippen LogP contribution in [0.2, 0.25) is 0 Å².